The molecule has 0 saturated heterocycles. The lowest BCUT2D eigenvalue weighted by atomic mass is 10.1. The summed E-state index contributed by atoms with van der Waals surface area (Å²) in [5.74, 6) is -1.06. The van der Waals surface area contributed by atoms with Gasteiger partial charge in [0.15, 0.2) is 5.75 Å². The molecule has 4 rings (SSSR count). The predicted molar refractivity (Wildman–Crippen MR) is 115 cm³/mol. The molecule has 0 bridgehead atoms. The second-order valence-electron chi connectivity index (χ2n) is 7.26. The van der Waals surface area contributed by atoms with Crippen molar-refractivity contribution in [2.75, 3.05) is 0 Å². The molecule has 0 aliphatic heterocycles. The zero-order valence-electron chi connectivity index (χ0n) is 17.0. The number of aryl methyl sites for hydroxylation is 3. The number of fused-ring (bicyclic) bond motifs is 1. The summed E-state index contributed by atoms with van der Waals surface area (Å²) in [6.07, 6.45) is 0. The van der Waals surface area contributed by atoms with Crippen LogP contribution in [0.1, 0.15) is 27.3 Å². The molecule has 7 heteroatoms. The molecule has 0 aliphatic rings. The van der Waals surface area contributed by atoms with E-state index in [1.165, 1.54) is 4.57 Å². The minimum absolute atomic E-state index is 0.0164. The Kier molecular flexibility index (Phi) is 4.87. The van der Waals surface area contributed by atoms with Crippen LogP contribution in [-0.2, 0) is 13.6 Å². The molecule has 0 fully saturated rings. The molecule has 0 aliphatic carbocycles. The van der Waals surface area contributed by atoms with Gasteiger partial charge in [-0.2, -0.15) is 5.10 Å². The molecular formula is C23H22N4O3. The first-order chi connectivity index (χ1) is 14.4. The third-order valence-corrected chi connectivity index (χ3v) is 5.17. The number of aromatic hydroxyl groups is 1. The van der Waals surface area contributed by atoms with Gasteiger partial charge in [0.25, 0.3) is 11.5 Å². The molecule has 0 radical (unpaired) electrons. The highest BCUT2D eigenvalue weighted by atomic mass is 16.3. The number of carbonyl (C=O) groups excluding carboxylic acids is 1. The third-order valence-electron chi connectivity index (χ3n) is 5.17. The maximum atomic E-state index is 13.0. The van der Waals surface area contributed by atoms with Gasteiger partial charge in [-0.25, -0.2) is 4.68 Å². The molecule has 0 atom stereocenters. The van der Waals surface area contributed by atoms with E-state index in [0.29, 0.717) is 10.9 Å². The van der Waals surface area contributed by atoms with Crippen LogP contribution in [-0.4, -0.2) is 25.4 Å². The second-order valence-corrected chi connectivity index (χ2v) is 7.26. The number of pyridine rings is 1. The molecular weight excluding hydrogens is 380 g/mol. The monoisotopic (exact) mass is 402 g/mol. The summed E-state index contributed by atoms with van der Waals surface area (Å²) in [4.78, 5) is 25.4. The van der Waals surface area contributed by atoms with Crippen LogP contribution in [0.25, 0.3) is 16.6 Å². The highest BCUT2D eigenvalue weighted by Gasteiger charge is 2.20. The molecule has 7 nitrogen and oxygen atoms in total. The van der Waals surface area contributed by atoms with E-state index in [2.05, 4.69) is 10.4 Å². The number of amides is 1. The molecule has 2 heterocycles. The van der Waals surface area contributed by atoms with Crippen molar-refractivity contribution in [2.24, 2.45) is 7.05 Å². The first-order valence-corrected chi connectivity index (χ1v) is 9.59. The zero-order chi connectivity index (χ0) is 21.4. The highest BCUT2D eigenvalue weighted by molar-refractivity contribution is 6.08. The van der Waals surface area contributed by atoms with Crippen molar-refractivity contribution in [2.45, 2.75) is 20.4 Å². The van der Waals surface area contributed by atoms with Crippen LogP contribution in [0.4, 0.5) is 0 Å². The standard InChI is InChI=1S/C23H22N4O3/c1-14-12-15(2)27(25-14)18-10-6-4-8-16(18)13-24-22(29)20-17-9-5-7-11-19(17)26(3)23(30)21(20)28/h4-12,28H,13H2,1-3H3,(H,24,29). The minimum atomic E-state index is -0.609. The van der Waals surface area contributed by atoms with Gasteiger partial charge >= 0.3 is 0 Å². The number of nitrogens with zero attached hydrogens (tertiary/aromatic N) is 3. The molecule has 4 aromatic rings. The van der Waals surface area contributed by atoms with E-state index < -0.39 is 17.2 Å². The first-order valence-electron chi connectivity index (χ1n) is 9.59. The van der Waals surface area contributed by atoms with Gasteiger partial charge in [0.1, 0.15) is 0 Å². The lowest BCUT2D eigenvalue weighted by Crippen LogP contribution is -2.27. The van der Waals surface area contributed by atoms with E-state index in [4.69, 9.17) is 0 Å². The van der Waals surface area contributed by atoms with E-state index in [1.807, 2.05) is 48.9 Å². The van der Waals surface area contributed by atoms with Crippen LogP contribution < -0.4 is 10.9 Å². The topological polar surface area (TPSA) is 89.2 Å². The van der Waals surface area contributed by atoms with Crippen LogP contribution >= 0.6 is 0 Å². The first kappa shape index (κ1) is 19.4. The smallest absolute Gasteiger partial charge is 0.293 e. The summed E-state index contributed by atoms with van der Waals surface area (Å²) in [7, 11) is 1.57. The normalized spacial score (nSPS) is 11.0. The van der Waals surface area contributed by atoms with Gasteiger partial charge in [-0.05, 0) is 37.6 Å². The van der Waals surface area contributed by atoms with Crippen LogP contribution in [0.3, 0.4) is 0 Å². The molecule has 2 N–H and O–H groups in total. The Morgan fingerprint density at radius 3 is 2.53 bits per heavy atom. The maximum Gasteiger partial charge on any atom is 0.293 e. The number of aromatic nitrogens is 3. The van der Waals surface area contributed by atoms with Gasteiger partial charge in [-0.1, -0.05) is 36.4 Å². The number of carbonyl (C=O) groups is 1. The summed E-state index contributed by atoms with van der Waals surface area (Å²) < 4.78 is 3.17. The van der Waals surface area contributed by atoms with Crippen LogP contribution in [0, 0.1) is 13.8 Å². The molecule has 1 amide bonds. The molecule has 0 unspecified atom stereocenters. The SMILES string of the molecule is Cc1cc(C)n(-c2ccccc2CNC(=O)c2c(O)c(=O)n(C)c3ccccc23)n1. The number of rotatable bonds is 4. The van der Waals surface area contributed by atoms with E-state index in [0.717, 1.165) is 22.6 Å². The second kappa shape index (κ2) is 7.51. The fourth-order valence-corrected chi connectivity index (χ4v) is 3.71. The lowest BCUT2D eigenvalue weighted by molar-refractivity contribution is 0.0949. The Balaban J connectivity index is 1.70. The van der Waals surface area contributed by atoms with Crippen molar-refractivity contribution < 1.29 is 9.90 Å². The van der Waals surface area contributed by atoms with E-state index >= 15 is 0 Å². The summed E-state index contributed by atoms with van der Waals surface area (Å²) in [5, 5.41) is 18.3. The molecule has 152 valence electrons. The Morgan fingerprint density at radius 1 is 1.10 bits per heavy atom. The minimum Gasteiger partial charge on any atom is -0.502 e. The third kappa shape index (κ3) is 3.24. The Morgan fingerprint density at radius 2 is 1.80 bits per heavy atom. The molecule has 0 spiro atoms. The average molecular weight is 402 g/mol. The summed E-state index contributed by atoms with van der Waals surface area (Å²) in [6, 6.07) is 16.6. The van der Waals surface area contributed by atoms with Crippen molar-refractivity contribution >= 4 is 16.8 Å². The van der Waals surface area contributed by atoms with Crippen molar-refractivity contribution in [1.29, 1.82) is 0 Å². The summed E-state index contributed by atoms with van der Waals surface area (Å²) in [6.45, 7) is 4.12. The van der Waals surface area contributed by atoms with Crippen molar-refractivity contribution in [3.05, 3.63) is 87.5 Å². The van der Waals surface area contributed by atoms with Gasteiger partial charge in [0.05, 0.1) is 22.5 Å². The van der Waals surface area contributed by atoms with Gasteiger partial charge in [0.2, 0.25) is 0 Å². The van der Waals surface area contributed by atoms with Crippen LogP contribution in [0.5, 0.6) is 5.75 Å². The lowest BCUT2D eigenvalue weighted by Gasteiger charge is -2.14. The Bertz CT molecular complexity index is 1330. The zero-order valence-corrected chi connectivity index (χ0v) is 17.0. The summed E-state index contributed by atoms with van der Waals surface area (Å²) >= 11 is 0. The number of hydrogen-bond donors (Lipinski definition) is 2. The summed E-state index contributed by atoms with van der Waals surface area (Å²) in [5.41, 5.74) is 3.57. The number of benzene rings is 2. The van der Waals surface area contributed by atoms with Crippen LogP contribution in [0.15, 0.2) is 59.4 Å². The van der Waals surface area contributed by atoms with E-state index in [9.17, 15) is 14.7 Å². The number of nitrogens with one attached hydrogen (secondary N) is 1. The van der Waals surface area contributed by atoms with Gasteiger partial charge in [0, 0.05) is 24.7 Å². The van der Waals surface area contributed by atoms with Gasteiger partial charge in [-0.15, -0.1) is 0 Å². The van der Waals surface area contributed by atoms with Crippen molar-refractivity contribution in [3.63, 3.8) is 0 Å². The predicted octanol–water partition coefficient (Wildman–Crippen LogP) is 2.98. The quantitative estimate of drug-likeness (QED) is 0.549. The Labute approximate surface area is 173 Å². The average Bonchev–Trinajstić information content (AvgIpc) is 3.08. The maximum absolute atomic E-state index is 13.0. The van der Waals surface area contributed by atoms with E-state index in [1.54, 1.807) is 31.3 Å². The molecule has 2 aromatic heterocycles. The molecule has 2 aromatic carbocycles. The molecule has 0 saturated carbocycles. The van der Waals surface area contributed by atoms with Crippen molar-refractivity contribution in [1.82, 2.24) is 19.7 Å². The van der Waals surface area contributed by atoms with Gasteiger partial charge < -0.3 is 15.0 Å². The molecule has 30 heavy (non-hydrogen) atoms. The van der Waals surface area contributed by atoms with E-state index in [-0.39, 0.29) is 12.1 Å². The van der Waals surface area contributed by atoms with Gasteiger partial charge in [-0.3, -0.25) is 9.59 Å². The number of hydrogen-bond acceptors (Lipinski definition) is 4. The fourth-order valence-electron chi connectivity index (χ4n) is 3.71. The Hall–Kier alpha value is -3.87. The largest absolute Gasteiger partial charge is 0.502 e. The van der Waals surface area contributed by atoms with Crippen molar-refractivity contribution in [3.8, 4) is 11.4 Å². The highest BCUT2D eigenvalue weighted by Crippen LogP contribution is 2.24. The fraction of sp³-hybridized carbons (Fsp3) is 0.174. The van der Waals surface area contributed by atoms with Crippen LogP contribution in [0.2, 0.25) is 0 Å². The number of para-hydroxylation sites is 2.